The number of nitrogens with zero attached hydrogens (tertiary/aromatic N) is 2. The molecule has 1 aromatic carbocycles. The van der Waals surface area contributed by atoms with Crippen molar-refractivity contribution in [1.29, 1.82) is 0 Å². The van der Waals surface area contributed by atoms with E-state index >= 15 is 0 Å². The van der Waals surface area contributed by atoms with E-state index in [1.54, 1.807) is 6.07 Å². The molecule has 0 saturated carbocycles. The van der Waals surface area contributed by atoms with Crippen LogP contribution in [0, 0.1) is 0 Å². The number of anilines is 1. The largest absolute Gasteiger partial charge is 0.494 e. The topological polar surface area (TPSA) is 45.9 Å². The molecule has 3 heterocycles. The van der Waals surface area contributed by atoms with E-state index < -0.39 is 0 Å². The van der Waals surface area contributed by atoms with Crippen molar-refractivity contribution in [1.82, 2.24) is 4.90 Å². The quantitative estimate of drug-likeness (QED) is 0.742. The molecule has 2 aliphatic heterocycles. The Balaban J connectivity index is 1.31. The number of likely N-dealkylation sites (tertiary alicyclic amines) is 1. The van der Waals surface area contributed by atoms with Crippen LogP contribution in [0.25, 0.3) is 0 Å². The predicted molar refractivity (Wildman–Crippen MR) is 101 cm³/mol. The van der Waals surface area contributed by atoms with Crippen molar-refractivity contribution in [2.45, 2.75) is 32.1 Å². The maximum atomic E-state index is 12.5. The molecule has 0 atom stereocenters. The van der Waals surface area contributed by atoms with E-state index in [4.69, 9.17) is 9.15 Å². The van der Waals surface area contributed by atoms with Crippen molar-refractivity contribution in [2.24, 2.45) is 0 Å². The minimum Gasteiger partial charge on any atom is -0.494 e. The maximum absolute atomic E-state index is 12.5. The Hall–Kier alpha value is -2.27. The minimum absolute atomic E-state index is 0.00676. The third kappa shape index (κ3) is 3.78. The lowest BCUT2D eigenvalue weighted by molar-refractivity contribution is 0.0989. The molecule has 2 aliphatic rings. The smallest absolute Gasteiger partial charge is 0.261 e. The van der Waals surface area contributed by atoms with Gasteiger partial charge in [0.2, 0.25) is 0 Å². The fraction of sp³-hybridized carbons (Fsp3) is 0.476. The fourth-order valence-electron chi connectivity index (χ4n) is 3.88. The van der Waals surface area contributed by atoms with Crippen LogP contribution in [-0.2, 0) is 6.42 Å². The number of rotatable bonds is 6. The molecule has 1 fully saturated rings. The molecule has 26 heavy (non-hydrogen) atoms. The summed E-state index contributed by atoms with van der Waals surface area (Å²) >= 11 is 0. The molecule has 1 aromatic heterocycles. The molecular weight excluding hydrogens is 328 g/mol. The van der Waals surface area contributed by atoms with E-state index in [9.17, 15) is 4.79 Å². The van der Waals surface area contributed by atoms with Crippen LogP contribution in [0.3, 0.4) is 0 Å². The highest BCUT2D eigenvalue weighted by atomic mass is 16.5. The summed E-state index contributed by atoms with van der Waals surface area (Å²) in [6.45, 7) is 5.04. The summed E-state index contributed by atoms with van der Waals surface area (Å²) in [5.74, 6) is 0.896. The first kappa shape index (κ1) is 17.2. The van der Waals surface area contributed by atoms with E-state index in [-0.39, 0.29) is 5.91 Å². The van der Waals surface area contributed by atoms with Crippen molar-refractivity contribution < 1.29 is 13.9 Å². The second kappa shape index (κ2) is 7.96. The van der Waals surface area contributed by atoms with E-state index in [0.29, 0.717) is 12.1 Å². The van der Waals surface area contributed by atoms with Gasteiger partial charge in [-0.05, 0) is 68.6 Å². The van der Waals surface area contributed by atoms with Gasteiger partial charge >= 0.3 is 0 Å². The molecule has 0 radical (unpaired) electrons. The number of amides is 1. The first-order valence-corrected chi connectivity index (χ1v) is 9.63. The van der Waals surface area contributed by atoms with Crippen LogP contribution in [0.2, 0.25) is 0 Å². The van der Waals surface area contributed by atoms with Crippen LogP contribution in [-0.4, -0.2) is 43.6 Å². The Morgan fingerprint density at radius 2 is 2.00 bits per heavy atom. The Labute approximate surface area is 154 Å². The number of furan rings is 1. The molecule has 5 nitrogen and oxygen atoms in total. The van der Waals surface area contributed by atoms with Crippen LogP contribution in [0.4, 0.5) is 5.69 Å². The third-order valence-electron chi connectivity index (χ3n) is 5.30. The zero-order valence-corrected chi connectivity index (χ0v) is 15.2. The number of carbonyl (C=O) groups excluding carboxylic acids is 1. The van der Waals surface area contributed by atoms with Crippen LogP contribution >= 0.6 is 0 Å². The SMILES string of the molecule is O=C(c1ccoc1)N1CCc2cc(OCCCN3CCCCC3)ccc21. The van der Waals surface area contributed by atoms with Crippen LogP contribution in [0.15, 0.2) is 41.2 Å². The van der Waals surface area contributed by atoms with Crippen molar-refractivity contribution in [3.05, 3.63) is 47.9 Å². The number of piperidine rings is 1. The molecular formula is C21H26N2O3. The third-order valence-corrected chi connectivity index (χ3v) is 5.30. The molecule has 2 aromatic rings. The summed E-state index contributed by atoms with van der Waals surface area (Å²) in [4.78, 5) is 16.9. The first-order chi connectivity index (χ1) is 12.8. The van der Waals surface area contributed by atoms with E-state index in [1.165, 1.54) is 50.4 Å². The molecule has 0 spiro atoms. The van der Waals surface area contributed by atoms with E-state index in [1.807, 2.05) is 17.0 Å². The number of carbonyl (C=O) groups is 1. The van der Waals surface area contributed by atoms with Gasteiger partial charge in [-0.3, -0.25) is 4.79 Å². The first-order valence-electron chi connectivity index (χ1n) is 9.63. The summed E-state index contributed by atoms with van der Waals surface area (Å²) in [6, 6.07) is 7.76. The maximum Gasteiger partial charge on any atom is 0.261 e. The van der Waals surface area contributed by atoms with Gasteiger partial charge < -0.3 is 19.0 Å². The lowest BCUT2D eigenvalue weighted by atomic mass is 10.1. The second-order valence-corrected chi connectivity index (χ2v) is 7.11. The highest BCUT2D eigenvalue weighted by Crippen LogP contribution is 2.32. The molecule has 0 unspecified atom stereocenters. The average Bonchev–Trinajstić information content (AvgIpc) is 3.35. The monoisotopic (exact) mass is 354 g/mol. The molecule has 0 aliphatic carbocycles. The predicted octanol–water partition coefficient (Wildman–Crippen LogP) is 3.74. The van der Waals surface area contributed by atoms with E-state index in [0.717, 1.165) is 37.4 Å². The highest BCUT2D eigenvalue weighted by Gasteiger charge is 2.26. The molecule has 0 bridgehead atoms. The molecule has 138 valence electrons. The number of benzene rings is 1. The van der Waals surface area contributed by atoms with Gasteiger partial charge in [0.05, 0.1) is 18.4 Å². The van der Waals surface area contributed by atoms with Gasteiger partial charge in [0, 0.05) is 18.8 Å². The number of fused-ring (bicyclic) bond motifs is 1. The standard InChI is InChI=1S/C21H26N2O3/c24-21(18-8-14-25-16-18)23-12-7-17-15-19(5-6-20(17)23)26-13-4-11-22-9-2-1-3-10-22/h5-6,8,14-16H,1-4,7,9-13H2. The molecule has 5 heteroatoms. The Kier molecular flexibility index (Phi) is 5.25. The fourth-order valence-corrected chi connectivity index (χ4v) is 3.88. The normalized spacial score (nSPS) is 17.3. The van der Waals surface area contributed by atoms with E-state index in [2.05, 4.69) is 11.0 Å². The Morgan fingerprint density at radius 1 is 1.12 bits per heavy atom. The van der Waals surface area contributed by atoms with Crippen LogP contribution < -0.4 is 9.64 Å². The average molecular weight is 354 g/mol. The van der Waals surface area contributed by atoms with Crippen LogP contribution in [0.5, 0.6) is 5.75 Å². The zero-order chi connectivity index (χ0) is 17.8. The lowest BCUT2D eigenvalue weighted by Gasteiger charge is -2.26. The number of ether oxygens (including phenoxy) is 1. The van der Waals surface area contributed by atoms with Gasteiger partial charge in [0.1, 0.15) is 12.0 Å². The summed E-state index contributed by atoms with van der Waals surface area (Å²) in [7, 11) is 0. The molecule has 4 rings (SSSR count). The summed E-state index contributed by atoms with van der Waals surface area (Å²) < 4.78 is 11.0. The van der Waals surface area contributed by atoms with Gasteiger partial charge in [-0.1, -0.05) is 6.42 Å². The summed E-state index contributed by atoms with van der Waals surface area (Å²) in [5, 5.41) is 0. The van der Waals surface area contributed by atoms with Crippen LogP contribution in [0.1, 0.15) is 41.6 Å². The number of hydrogen-bond donors (Lipinski definition) is 0. The Morgan fingerprint density at radius 3 is 2.81 bits per heavy atom. The van der Waals surface area contributed by atoms with Gasteiger partial charge in [-0.2, -0.15) is 0 Å². The second-order valence-electron chi connectivity index (χ2n) is 7.11. The van der Waals surface area contributed by atoms with Gasteiger partial charge in [-0.15, -0.1) is 0 Å². The summed E-state index contributed by atoms with van der Waals surface area (Å²) in [5.41, 5.74) is 2.75. The summed E-state index contributed by atoms with van der Waals surface area (Å²) in [6.07, 6.45) is 9.00. The Bertz CT molecular complexity index is 736. The van der Waals surface area contributed by atoms with Crippen molar-refractivity contribution in [2.75, 3.05) is 37.7 Å². The van der Waals surface area contributed by atoms with Crippen molar-refractivity contribution >= 4 is 11.6 Å². The van der Waals surface area contributed by atoms with Crippen molar-refractivity contribution in [3.8, 4) is 5.75 Å². The van der Waals surface area contributed by atoms with Gasteiger partial charge in [-0.25, -0.2) is 0 Å². The molecule has 1 saturated heterocycles. The zero-order valence-electron chi connectivity index (χ0n) is 15.2. The number of hydrogen-bond acceptors (Lipinski definition) is 4. The lowest BCUT2D eigenvalue weighted by Crippen LogP contribution is -2.31. The minimum atomic E-state index is -0.00676. The van der Waals surface area contributed by atoms with Gasteiger partial charge in [0.25, 0.3) is 5.91 Å². The molecule has 0 N–H and O–H groups in total. The van der Waals surface area contributed by atoms with Gasteiger partial charge in [0.15, 0.2) is 0 Å². The molecule has 1 amide bonds. The van der Waals surface area contributed by atoms with Crippen molar-refractivity contribution in [3.63, 3.8) is 0 Å². The highest BCUT2D eigenvalue weighted by molar-refractivity contribution is 6.07.